The molecule has 0 bridgehead atoms. The molecular weight excluding hydrogens is 212 g/mol. The molecule has 1 unspecified atom stereocenters. The number of amides is 1. The molecule has 0 radical (unpaired) electrons. The van der Waals surface area contributed by atoms with Crippen molar-refractivity contribution in [1.82, 2.24) is 10.6 Å². The van der Waals surface area contributed by atoms with Crippen LogP contribution in [0, 0.1) is 0 Å². The second-order valence-corrected chi connectivity index (χ2v) is 4.80. The normalized spacial score (nSPS) is 17.5. The Labute approximate surface area is 95.2 Å². The van der Waals surface area contributed by atoms with Gasteiger partial charge in [-0.15, -0.1) is 0 Å². The quantitative estimate of drug-likeness (QED) is 0.550. The van der Waals surface area contributed by atoms with Gasteiger partial charge in [0.25, 0.3) is 0 Å². The Morgan fingerprint density at radius 2 is 2.33 bits per heavy atom. The summed E-state index contributed by atoms with van der Waals surface area (Å²) in [6, 6.07) is 0.658. The molecule has 1 fully saturated rings. The zero-order valence-corrected chi connectivity index (χ0v) is 9.98. The minimum Gasteiger partial charge on any atom is -0.396 e. The van der Waals surface area contributed by atoms with Crippen LogP contribution in [0.4, 0.5) is 0 Å². The lowest BCUT2D eigenvalue weighted by Gasteiger charge is -2.16. The summed E-state index contributed by atoms with van der Waals surface area (Å²) in [4.78, 5) is 11.5. The Hall–Kier alpha value is -0.260. The molecule has 0 aliphatic heterocycles. The summed E-state index contributed by atoms with van der Waals surface area (Å²) < 4.78 is 0. The van der Waals surface area contributed by atoms with E-state index in [4.69, 9.17) is 5.11 Å². The van der Waals surface area contributed by atoms with Crippen molar-refractivity contribution in [3.8, 4) is 0 Å². The van der Waals surface area contributed by atoms with Gasteiger partial charge in [-0.2, -0.15) is 11.8 Å². The number of nitrogens with one attached hydrogen (secondary N) is 2. The van der Waals surface area contributed by atoms with Crippen molar-refractivity contribution in [2.45, 2.75) is 31.3 Å². The molecule has 88 valence electrons. The molecule has 1 aliphatic carbocycles. The van der Waals surface area contributed by atoms with E-state index in [0.717, 1.165) is 5.75 Å². The molecule has 0 saturated heterocycles. The zero-order valence-electron chi connectivity index (χ0n) is 9.16. The molecule has 1 rings (SSSR count). The second-order valence-electron chi connectivity index (χ2n) is 3.89. The molecule has 1 aliphatic rings. The Kier molecular flexibility index (Phi) is 6.05. The van der Waals surface area contributed by atoms with Gasteiger partial charge in [0.15, 0.2) is 0 Å². The van der Waals surface area contributed by atoms with E-state index >= 15 is 0 Å². The van der Waals surface area contributed by atoms with Crippen LogP contribution in [0.25, 0.3) is 0 Å². The Bertz CT molecular complexity index is 192. The van der Waals surface area contributed by atoms with E-state index in [1.54, 1.807) is 11.8 Å². The maximum Gasteiger partial charge on any atom is 0.234 e. The van der Waals surface area contributed by atoms with Crippen molar-refractivity contribution < 1.29 is 9.90 Å². The lowest BCUT2D eigenvalue weighted by atomic mass is 10.2. The predicted octanol–water partition coefficient (Wildman–Crippen LogP) is -0.0314. The number of carbonyl (C=O) groups is 1. The number of hydrogen-bond acceptors (Lipinski definition) is 4. The van der Waals surface area contributed by atoms with E-state index in [-0.39, 0.29) is 18.6 Å². The van der Waals surface area contributed by atoms with E-state index in [9.17, 15) is 4.79 Å². The van der Waals surface area contributed by atoms with Gasteiger partial charge in [-0.05, 0) is 25.5 Å². The largest absolute Gasteiger partial charge is 0.396 e. The Morgan fingerprint density at radius 3 is 2.87 bits per heavy atom. The number of rotatable bonds is 8. The molecule has 15 heavy (non-hydrogen) atoms. The summed E-state index contributed by atoms with van der Waals surface area (Å²) in [7, 11) is 0. The first-order chi connectivity index (χ1) is 7.26. The topological polar surface area (TPSA) is 61.4 Å². The predicted molar refractivity (Wildman–Crippen MR) is 63.0 cm³/mol. The molecule has 0 aromatic carbocycles. The first-order valence-electron chi connectivity index (χ1n) is 5.38. The van der Waals surface area contributed by atoms with Crippen molar-refractivity contribution in [2.24, 2.45) is 0 Å². The van der Waals surface area contributed by atoms with E-state index in [0.29, 0.717) is 19.0 Å². The van der Waals surface area contributed by atoms with Crippen LogP contribution in [0.3, 0.4) is 0 Å². The third-order valence-electron chi connectivity index (χ3n) is 2.34. The molecule has 1 saturated carbocycles. The van der Waals surface area contributed by atoms with Gasteiger partial charge in [-0.3, -0.25) is 4.79 Å². The second kappa shape index (κ2) is 7.09. The van der Waals surface area contributed by atoms with E-state index in [2.05, 4.69) is 10.6 Å². The van der Waals surface area contributed by atoms with Gasteiger partial charge in [-0.25, -0.2) is 0 Å². The van der Waals surface area contributed by atoms with E-state index in [1.807, 2.05) is 6.26 Å². The van der Waals surface area contributed by atoms with Gasteiger partial charge in [0.1, 0.15) is 0 Å². The molecule has 4 nitrogen and oxygen atoms in total. The van der Waals surface area contributed by atoms with Crippen LogP contribution in [0.15, 0.2) is 0 Å². The number of carbonyl (C=O) groups excluding carboxylic acids is 1. The van der Waals surface area contributed by atoms with Gasteiger partial charge in [0, 0.05) is 24.4 Å². The van der Waals surface area contributed by atoms with Crippen molar-refractivity contribution in [1.29, 1.82) is 0 Å². The maximum absolute atomic E-state index is 11.5. The van der Waals surface area contributed by atoms with Gasteiger partial charge >= 0.3 is 0 Å². The van der Waals surface area contributed by atoms with E-state index < -0.39 is 0 Å². The molecule has 0 spiro atoms. The summed E-state index contributed by atoms with van der Waals surface area (Å²) in [5, 5.41) is 14.9. The van der Waals surface area contributed by atoms with E-state index in [1.165, 1.54) is 12.8 Å². The number of aliphatic hydroxyl groups is 1. The molecule has 5 heteroatoms. The zero-order chi connectivity index (χ0) is 11.1. The first kappa shape index (κ1) is 12.8. The number of thioether (sulfide) groups is 1. The first-order valence-corrected chi connectivity index (χ1v) is 6.78. The minimum atomic E-state index is 0.0365. The lowest BCUT2D eigenvalue weighted by Crippen LogP contribution is -2.42. The molecule has 3 N–H and O–H groups in total. The van der Waals surface area contributed by atoms with Gasteiger partial charge in [-0.1, -0.05) is 0 Å². The van der Waals surface area contributed by atoms with Crippen LogP contribution in [0.2, 0.25) is 0 Å². The highest BCUT2D eigenvalue weighted by molar-refractivity contribution is 7.98. The van der Waals surface area contributed by atoms with Crippen LogP contribution < -0.4 is 10.6 Å². The van der Waals surface area contributed by atoms with Gasteiger partial charge in [0.05, 0.1) is 6.54 Å². The molecule has 0 heterocycles. The summed E-state index contributed by atoms with van der Waals surface area (Å²) in [6.07, 6.45) is 5.02. The third kappa shape index (κ3) is 6.02. The Balaban J connectivity index is 2.12. The fourth-order valence-corrected chi connectivity index (χ4v) is 2.01. The fourth-order valence-electron chi connectivity index (χ4n) is 1.36. The highest BCUT2D eigenvalue weighted by atomic mass is 32.2. The lowest BCUT2D eigenvalue weighted by molar-refractivity contribution is -0.120. The van der Waals surface area contributed by atoms with Crippen LogP contribution in [0.5, 0.6) is 0 Å². The molecule has 1 amide bonds. The maximum atomic E-state index is 11.5. The SMILES string of the molecule is CSCC(CCO)NC(=O)CNC1CC1. The third-order valence-corrected chi connectivity index (χ3v) is 3.07. The summed E-state index contributed by atoms with van der Waals surface area (Å²) in [5.41, 5.74) is 0. The van der Waals surface area contributed by atoms with Crippen molar-refractivity contribution in [3.63, 3.8) is 0 Å². The average Bonchev–Trinajstić information content (AvgIpc) is 2.99. The average molecular weight is 232 g/mol. The summed E-state index contributed by atoms with van der Waals surface area (Å²) in [6.45, 7) is 0.530. The van der Waals surface area contributed by atoms with Gasteiger partial charge < -0.3 is 15.7 Å². The van der Waals surface area contributed by atoms with Crippen LogP contribution in [-0.2, 0) is 4.79 Å². The summed E-state index contributed by atoms with van der Waals surface area (Å²) in [5.74, 6) is 0.893. The highest BCUT2D eigenvalue weighted by Gasteiger charge is 2.21. The van der Waals surface area contributed by atoms with Crippen LogP contribution in [0.1, 0.15) is 19.3 Å². The standard InChI is InChI=1S/C10H20N2O2S/c1-15-7-9(4-5-13)12-10(14)6-11-8-2-3-8/h8-9,11,13H,2-7H2,1H3,(H,12,14). The Morgan fingerprint density at radius 1 is 1.60 bits per heavy atom. The van der Waals surface area contributed by atoms with Gasteiger partial charge in [0.2, 0.25) is 5.91 Å². The monoisotopic (exact) mass is 232 g/mol. The molecule has 0 aromatic heterocycles. The molecular formula is C10H20N2O2S. The molecule has 0 aromatic rings. The van der Waals surface area contributed by atoms with Crippen LogP contribution >= 0.6 is 11.8 Å². The number of hydrogen-bond donors (Lipinski definition) is 3. The van der Waals surface area contributed by atoms with Crippen molar-refractivity contribution in [3.05, 3.63) is 0 Å². The summed E-state index contributed by atoms with van der Waals surface area (Å²) >= 11 is 1.68. The fraction of sp³-hybridized carbons (Fsp3) is 0.900. The van der Waals surface area contributed by atoms with Crippen molar-refractivity contribution >= 4 is 17.7 Å². The smallest absolute Gasteiger partial charge is 0.234 e. The minimum absolute atomic E-state index is 0.0365. The van der Waals surface area contributed by atoms with Crippen molar-refractivity contribution in [2.75, 3.05) is 25.2 Å². The number of aliphatic hydroxyl groups excluding tert-OH is 1. The highest BCUT2D eigenvalue weighted by Crippen LogP contribution is 2.17. The molecule has 1 atom stereocenters. The van der Waals surface area contributed by atoms with Crippen LogP contribution in [-0.4, -0.2) is 48.3 Å².